The number of benzene rings is 1. The first-order valence-corrected chi connectivity index (χ1v) is 9.95. The molecule has 1 heterocycles. The van der Waals surface area contributed by atoms with E-state index in [9.17, 15) is 16.8 Å². The van der Waals surface area contributed by atoms with Gasteiger partial charge in [-0.1, -0.05) is 18.2 Å². The lowest BCUT2D eigenvalue weighted by atomic mass is 10.0. The van der Waals surface area contributed by atoms with Crippen LogP contribution in [0.15, 0.2) is 29.2 Å². The molecule has 1 atom stereocenters. The Hall–Kier alpha value is -0.960. The maximum atomic E-state index is 12.6. The average molecular weight is 332 g/mol. The predicted molar refractivity (Wildman–Crippen MR) is 81.2 cm³/mol. The Morgan fingerprint density at radius 3 is 2.52 bits per heavy atom. The number of rotatable bonds is 5. The summed E-state index contributed by atoms with van der Waals surface area (Å²) in [5.41, 5.74) is -0.290. The summed E-state index contributed by atoms with van der Waals surface area (Å²) in [4.78, 5) is 0.185. The van der Waals surface area contributed by atoms with Crippen molar-refractivity contribution >= 4 is 19.9 Å². The van der Waals surface area contributed by atoms with Gasteiger partial charge in [0.05, 0.1) is 16.4 Å². The third-order valence-electron chi connectivity index (χ3n) is 3.51. The van der Waals surface area contributed by atoms with E-state index in [0.29, 0.717) is 18.5 Å². The fourth-order valence-electron chi connectivity index (χ4n) is 2.57. The van der Waals surface area contributed by atoms with E-state index in [1.54, 1.807) is 32.2 Å². The minimum Gasteiger partial charge on any atom is -0.316 e. The van der Waals surface area contributed by atoms with Crippen LogP contribution in [0.25, 0.3) is 0 Å². The van der Waals surface area contributed by atoms with Crippen LogP contribution in [-0.2, 0) is 26.4 Å². The zero-order valence-electron chi connectivity index (χ0n) is 12.1. The molecule has 1 aromatic carbocycles. The molecule has 1 aliphatic heterocycles. The monoisotopic (exact) mass is 332 g/mol. The van der Waals surface area contributed by atoms with Crippen molar-refractivity contribution < 1.29 is 16.8 Å². The molecule has 118 valence electrons. The van der Waals surface area contributed by atoms with Crippen LogP contribution in [0.3, 0.4) is 0 Å². The first kappa shape index (κ1) is 16.4. The van der Waals surface area contributed by atoms with E-state index in [1.165, 1.54) is 6.07 Å². The Kier molecular flexibility index (Phi) is 4.44. The fourth-order valence-corrected chi connectivity index (χ4v) is 6.43. The third-order valence-corrected chi connectivity index (χ3v) is 7.16. The van der Waals surface area contributed by atoms with Crippen molar-refractivity contribution in [1.82, 2.24) is 10.0 Å². The third kappa shape index (κ3) is 3.82. The lowest BCUT2D eigenvalue weighted by Gasteiger charge is -2.24. The van der Waals surface area contributed by atoms with Gasteiger partial charge in [0, 0.05) is 12.1 Å². The quantitative estimate of drug-likeness (QED) is 0.807. The molecule has 6 nitrogen and oxygen atoms in total. The Morgan fingerprint density at radius 2 is 1.95 bits per heavy atom. The molecule has 0 saturated carbocycles. The molecule has 0 amide bonds. The van der Waals surface area contributed by atoms with Gasteiger partial charge in [-0.2, -0.15) is 0 Å². The fraction of sp³-hybridized carbons (Fsp3) is 0.538. The van der Waals surface area contributed by atoms with Gasteiger partial charge in [-0.3, -0.25) is 0 Å². The lowest BCUT2D eigenvalue weighted by Crippen LogP contribution is -2.47. The van der Waals surface area contributed by atoms with Crippen molar-refractivity contribution in [1.29, 1.82) is 0 Å². The second-order valence-electron chi connectivity index (χ2n) is 5.65. The normalized spacial score (nSPS) is 25.0. The van der Waals surface area contributed by atoms with Gasteiger partial charge in [-0.25, -0.2) is 21.6 Å². The molecule has 0 aromatic heterocycles. The zero-order chi connectivity index (χ0) is 15.7. The van der Waals surface area contributed by atoms with Gasteiger partial charge in [0.25, 0.3) is 0 Å². The van der Waals surface area contributed by atoms with E-state index >= 15 is 0 Å². The summed E-state index contributed by atoms with van der Waals surface area (Å²) in [6.45, 7) is 2.06. The maximum absolute atomic E-state index is 12.6. The second kappa shape index (κ2) is 5.68. The SMILES string of the molecule is CNCc1ccccc1S(=O)(=O)NC1(C)CCS(=O)(=O)C1. The Balaban J connectivity index is 2.32. The average Bonchev–Trinajstić information content (AvgIpc) is 2.63. The van der Waals surface area contributed by atoms with Crippen molar-refractivity contribution in [3.8, 4) is 0 Å². The van der Waals surface area contributed by atoms with Crippen LogP contribution in [0.1, 0.15) is 18.9 Å². The highest BCUT2D eigenvalue weighted by Gasteiger charge is 2.41. The molecular formula is C13H20N2O4S2. The Morgan fingerprint density at radius 1 is 1.29 bits per heavy atom. The highest BCUT2D eigenvalue weighted by atomic mass is 32.2. The number of sulfonamides is 1. The summed E-state index contributed by atoms with van der Waals surface area (Å²) in [6.07, 6.45) is 0.294. The van der Waals surface area contributed by atoms with Crippen LogP contribution >= 0.6 is 0 Å². The summed E-state index contributed by atoms with van der Waals surface area (Å²) >= 11 is 0. The molecular weight excluding hydrogens is 312 g/mol. The smallest absolute Gasteiger partial charge is 0.241 e. The number of hydrogen-bond donors (Lipinski definition) is 2. The van der Waals surface area contributed by atoms with Crippen molar-refractivity contribution in [2.75, 3.05) is 18.6 Å². The lowest BCUT2D eigenvalue weighted by molar-refractivity contribution is 0.461. The summed E-state index contributed by atoms with van der Waals surface area (Å²) in [7, 11) is -5.19. The van der Waals surface area contributed by atoms with Gasteiger partial charge in [0.15, 0.2) is 9.84 Å². The van der Waals surface area contributed by atoms with Gasteiger partial charge in [-0.15, -0.1) is 0 Å². The summed E-state index contributed by atoms with van der Waals surface area (Å²) in [6, 6.07) is 6.69. The molecule has 2 N–H and O–H groups in total. The minimum atomic E-state index is -3.76. The minimum absolute atomic E-state index is 0.0180. The van der Waals surface area contributed by atoms with E-state index in [2.05, 4.69) is 10.0 Å². The first-order chi connectivity index (χ1) is 9.68. The van der Waals surface area contributed by atoms with E-state index < -0.39 is 25.4 Å². The molecule has 1 fully saturated rings. The molecule has 0 bridgehead atoms. The van der Waals surface area contributed by atoms with Crippen LogP contribution in [-0.4, -0.2) is 40.9 Å². The Bertz CT molecular complexity index is 728. The highest BCUT2D eigenvalue weighted by Crippen LogP contribution is 2.26. The van der Waals surface area contributed by atoms with Crippen molar-refractivity contribution in [3.63, 3.8) is 0 Å². The molecule has 0 radical (unpaired) electrons. The van der Waals surface area contributed by atoms with Crippen molar-refractivity contribution in [3.05, 3.63) is 29.8 Å². The topological polar surface area (TPSA) is 92.3 Å². The summed E-state index contributed by atoms with van der Waals surface area (Å²) < 4.78 is 50.9. The summed E-state index contributed by atoms with van der Waals surface area (Å²) in [5.74, 6) is -0.141. The predicted octanol–water partition coefficient (Wildman–Crippen LogP) is 0.262. The summed E-state index contributed by atoms with van der Waals surface area (Å²) in [5, 5.41) is 2.92. The van der Waals surface area contributed by atoms with Crippen LogP contribution in [0.2, 0.25) is 0 Å². The van der Waals surface area contributed by atoms with Crippen LogP contribution in [0, 0.1) is 0 Å². The van der Waals surface area contributed by atoms with Gasteiger partial charge >= 0.3 is 0 Å². The largest absolute Gasteiger partial charge is 0.316 e. The molecule has 0 spiro atoms. The van der Waals surface area contributed by atoms with Gasteiger partial charge in [-0.05, 0) is 32.0 Å². The number of hydrogen-bond acceptors (Lipinski definition) is 5. The molecule has 1 aromatic rings. The van der Waals surface area contributed by atoms with Crippen LogP contribution in [0.4, 0.5) is 0 Å². The van der Waals surface area contributed by atoms with E-state index in [4.69, 9.17) is 0 Å². The first-order valence-electron chi connectivity index (χ1n) is 6.64. The van der Waals surface area contributed by atoms with E-state index in [-0.39, 0.29) is 16.4 Å². The highest BCUT2D eigenvalue weighted by molar-refractivity contribution is 7.92. The molecule has 1 unspecified atom stereocenters. The van der Waals surface area contributed by atoms with Gasteiger partial charge in [0.2, 0.25) is 10.0 Å². The number of sulfone groups is 1. The molecule has 1 aliphatic rings. The molecule has 0 aliphatic carbocycles. The van der Waals surface area contributed by atoms with Crippen LogP contribution in [0.5, 0.6) is 0 Å². The van der Waals surface area contributed by atoms with Crippen molar-refractivity contribution in [2.45, 2.75) is 30.3 Å². The second-order valence-corrected chi connectivity index (χ2v) is 9.48. The maximum Gasteiger partial charge on any atom is 0.241 e. The molecule has 21 heavy (non-hydrogen) atoms. The molecule has 2 rings (SSSR count). The van der Waals surface area contributed by atoms with E-state index in [1.807, 2.05) is 0 Å². The van der Waals surface area contributed by atoms with Crippen molar-refractivity contribution in [2.24, 2.45) is 0 Å². The zero-order valence-corrected chi connectivity index (χ0v) is 13.7. The molecule has 1 saturated heterocycles. The van der Waals surface area contributed by atoms with Crippen LogP contribution < -0.4 is 10.0 Å². The van der Waals surface area contributed by atoms with Gasteiger partial charge < -0.3 is 5.32 Å². The van der Waals surface area contributed by atoms with E-state index in [0.717, 1.165) is 0 Å². The van der Waals surface area contributed by atoms with Gasteiger partial charge in [0.1, 0.15) is 0 Å². The Labute approximate surface area is 125 Å². The standard InChI is InChI=1S/C13H20N2O4S2/c1-13(7-8-20(16,17)10-13)15-21(18,19)12-6-4-3-5-11(12)9-14-2/h3-6,14-15H,7-10H2,1-2H3. The number of nitrogens with one attached hydrogen (secondary N) is 2. The molecule has 8 heteroatoms.